The van der Waals surface area contributed by atoms with Crippen LogP contribution in [0.1, 0.15) is 35.6 Å². The smallest absolute Gasteiger partial charge is 0.120 e. The first kappa shape index (κ1) is 13.5. The van der Waals surface area contributed by atoms with Gasteiger partial charge in [-0.05, 0) is 49.1 Å². The Labute approximate surface area is 124 Å². The summed E-state index contributed by atoms with van der Waals surface area (Å²) in [6, 6.07) is 13.3. The van der Waals surface area contributed by atoms with Crippen LogP contribution < -0.4 is 4.74 Å². The molecule has 3 rings (SSSR count). The summed E-state index contributed by atoms with van der Waals surface area (Å²) in [7, 11) is 0. The monoisotopic (exact) mass is 288 g/mol. The highest BCUT2D eigenvalue weighted by Crippen LogP contribution is 2.32. The molecule has 1 unspecified atom stereocenters. The molecule has 1 aliphatic rings. The van der Waals surface area contributed by atoms with Gasteiger partial charge in [-0.25, -0.2) is 0 Å². The molecule has 1 fully saturated rings. The van der Waals surface area contributed by atoms with Gasteiger partial charge >= 0.3 is 0 Å². The molecule has 0 bridgehead atoms. The van der Waals surface area contributed by atoms with E-state index < -0.39 is 6.10 Å². The van der Waals surface area contributed by atoms with Crippen LogP contribution in [0.25, 0.3) is 0 Å². The lowest BCUT2D eigenvalue weighted by molar-refractivity contribution is 0.219. The van der Waals surface area contributed by atoms with E-state index in [4.69, 9.17) is 16.3 Å². The molecule has 104 valence electrons. The van der Waals surface area contributed by atoms with E-state index in [0.717, 1.165) is 35.3 Å². The number of aliphatic hydroxyl groups is 1. The van der Waals surface area contributed by atoms with Gasteiger partial charge in [0.2, 0.25) is 0 Å². The number of rotatable bonds is 4. The van der Waals surface area contributed by atoms with Crippen molar-refractivity contribution in [2.75, 3.05) is 0 Å². The number of benzene rings is 2. The van der Waals surface area contributed by atoms with Crippen LogP contribution in [0.3, 0.4) is 0 Å². The van der Waals surface area contributed by atoms with Crippen LogP contribution in [0.5, 0.6) is 5.75 Å². The highest BCUT2D eigenvalue weighted by molar-refractivity contribution is 6.31. The lowest BCUT2D eigenvalue weighted by atomic mass is 10.0. The van der Waals surface area contributed by atoms with Gasteiger partial charge in [0.1, 0.15) is 11.9 Å². The molecule has 2 nitrogen and oxygen atoms in total. The maximum Gasteiger partial charge on any atom is 0.120 e. The fourth-order valence-corrected chi connectivity index (χ4v) is 2.51. The van der Waals surface area contributed by atoms with Crippen LogP contribution >= 0.6 is 11.6 Å². The first-order chi connectivity index (χ1) is 9.63. The minimum absolute atomic E-state index is 0.352. The third-order valence-electron chi connectivity index (χ3n) is 3.45. The molecule has 0 aromatic heterocycles. The fraction of sp³-hybridized carbons (Fsp3) is 0.294. The molecule has 3 heteroatoms. The average molecular weight is 289 g/mol. The third kappa shape index (κ3) is 2.97. The number of ether oxygens (including phenoxy) is 1. The van der Waals surface area contributed by atoms with E-state index in [0.29, 0.717) is 11.1 Å². The minimum Gasteiger partial charge on any atom is -0.490 e. The summed E-state index contributed by atoms with van der Waals surface area (Å²) in [4.78, 5) is 0. The first-order valence-electron chi connectivity index (χ1n) is 6.84. The molecule has 0 heterocycles. The maximum atomic E-state index is 10.5. The van der Waals surface area contributed by atoms with E-state index in [9.17, 15) is 5.11 Å². The summed E-state index contributed by atoms with van der Waals surface area (Å²) in [6.07, 6.45) is 1.86. The quantitative estimate of drug-likeness (QED) is 0.910. The van der Waals surface area contributed by atoms with Crippen molar-refractivity contribution in [2.24, 2.45) is 0 Å². The molecule has 1 aliphatic carbocycles. The molecule has 0 aliphatic heterocycles. The normalized spacial score (nSPS) is 15.9. The van der Waals surface area contributed by atoms with Gasteiger partial charge in [0.15, 0.2) is 0 Å². The van der Waals surface area contributed by atoms with E-state index in [-0.39, 0.29) is 0 Å². The highest BCUT2D eigenvalue weighted by atomic mass is 35.5. The van der Waals surface area contributed by atoms with E-state index >= 15 is 0 Å². The van der Waals surface area contributed by atoms with E-state index in [1.54, 1.807) is 0 Å². The van der Waals surface area contributed by atoms with Crippen LogP contribution in [0, 0.1) is 6.92 Å². The van der Waals surface area contributed by atoms with Crippen LogP contribution in [-0.4, -0.2) is 11.2 Å². The Kier molecular flexibility index (Phi) is 3.68. The van der Waals surface area contributed by atoms with Gasteiger partial charge in [0, 0.05) is 10.6 Å². The van der Waals surface area contributed by atoms with Crippen LogP contribution in [0.15, 0.2) is 42.5 Å². The van der Waals surface area contributed by atoms with E-state index in [1.165, 1.54) is 0 Å². The summed E-state index contributed by atoms with van der Waals surface area (Å²) in [6.45, 7) is 1.98. The molecule has 1 atom stereocenters. The second-order valence-corrected chi connectivity index (χ2v) is 5.72. The Morgan fingerprint density at radius 1 is 1.20 bits per heavy atom. The van der Waals surface area contributed by atoms with Gasteiger partial charge < -0.3 is 9.84 Å². The molecule has 1 N–H and O–H groups in total. The Morgan fingerprint density at radius 2 is 2.00 bits per heavy atom. The number of aryl methyl sites for hydroxylation is 1. The molecule has 1 saturated carbocycles. The number of hydrogen-bond donors (Lipinski definition) is 1. The Balaban J connectivity index is 1.86. The highest BCUT2D eigenvalue weighted by Gasteiger charge is 2.24. The standard InChI is InChI=1S/C17H17ClO2/c1-11-5-8-15(16(18)9-11)17(19)12-3-2-4-14(10-12)20-13-6-7-13/h2-5,8-10,13,17,19H,6-7H2,1H3. The van der Waals surface area contributed by atoms with Crippen molar-refractivity contribution in [3.05, 3.63) is 64.2 Å². The van der Waals surface area contributed by atoms with Gasteiger partial charge in [-0.2, -0.15) is 0 Å². The molecule has 0 saturated heterocycles. The number of hydrogen-bond acceptors (Lipinski definition) is 2. The van der Waals surface area contributed by atoms with Gasteiger partial charge in [-0.3, -0.25) is 0 Å². The van der Waals surface area contributed by atoms with Crippen molar-refractivity contribution in [1.82, 2.24) is 0 Å². The largest absolute Gasteiger partial charge is 0.490 e. The summed E-state index contributed by atoms with van der Waals surface area (Å²) in [5.41, 5.74) is 2.60. The van der Waals surface area contributed by atoms with Crippen molar-refractivity contribution in [3.63, 3.8) is 0 Å². The van der Waals surface area contributed by atoms with E-state index in [1.807, 2.05) is 49.4 Å². The van der Waals surface area contributed by atoms with Crippen LogP contribution in [0.4, 0.5) is 0 Å². The SMILES string of the molecule is Cc1ccc(C(O)c2cccc(OC3CC3)c2)c(Cl)c1. The maximum absolute atomic E-state index is 10.5. The number of aliphatic hydroxyl groups excluding tert-OH is 1. The summed E-state index contributed by atoms with van der Waals surface area (Å²) < 4.78 is 5.76. The number of halogens is 1. The molecule has 2 aromatic rings. The fourth-order valence-electron chi connectivity index (χ4n) is 2.17. The lowest BCUT2D eigenvalue weighted by Gasteiger charge is -2.15. The van der Waals surface area contributed by atoms with Crippen molar-refractivity contribution in [3.8, 4) is 5.75 Å². The molecule has 0 radical (unpaired) electrons. The minimum atomic E-state index is -0.731. The Hall–Kier alpha value is -1.51. The van der Waals surface area contributed by atoms with Crippen molar-refractivity contribution >= 4 is 11.6 Å². The summed E-state index contributed by atoms with van der Waals surface area (Å²) in [5.74, 6) is 0.812. The zero-order valence-electron chi connectivity index (χ0n) is 11.3. The Morgan fingerprint density at radius 3 is 2.70 bits per heavy atom. The van der Waals surface area contributed by atoms with E-state index in [2.05, 4.69) is 0 Å². The lowest BCUT2D eigenvalue weighted by Crippen LogP contribution is -2.02. The average Bonchev–Trinajstić information content (AvgIpc) is 3.22. The molecular weight excluding hydrogens is 272 g/mol. The first-order valence-corrected chi connectivity index (χ1v) is 7.22. The van der Waals surface area contributed by atoms with Crippen molar-refractivity contribution in [1.29, 1.82) is 0 Å². The predicted octanol–water partition coefficient (Wildman–Crippen LogP) is 4.27. The Bertz CT molecular complexity index is 620. The van der Waals surface area contributed by atoms with Crippen molar-refractivity contribution in [2.45, 2.75) is 32.0 Å². The third-order valence-corrected chi connectivity index (χ3v) is 3.78. The molecule has 20 heavy (non-hydrogen) atoms. The summed E-state index contributed by atoms with van der Waals surface area (Å²) in [5, 5.41) is 11.1. The molecule has 0 amide bonds. The zero-order valence-corrected chi connectivity index (χ0v) is 12.1. The zero-order chi connectivity index (χ0) is 14.1. The molecule has 2 aromatic carbocycles. The van der Waals surface area contributed by atoms with Gasteiger partial charge in [-0.15, -0.1) is 0 Å². The van der Waals surface area contributed by atoms with Gasteiger partial charge in [0.25, 0.3) is 0 Å². The van der Waals surface area contributed by atoms with Gasteiger partial charge in [-0.1, -0.05) is 35.9 Å². The summed E-state index contributed by atoms with van der Waals surface area (Å²) >= 11 is 6.22. The topological polar surface area (TPSA) is 29.5 Å². The predicted molar refractivity (Wildman–Crippen MR) is 80.3 cm³/mol. The van der Waals surface area contributed by atoms with Crippen LogP contribution in [0.2, 0.25) is 5.02 Å². The van der Waals surface area contributed by atoms with Crippen molar-refractivity contribution < 1.29 is 9.84 Å². The van der Waals surface area contributed by atoms with Gasteiger partial charge in [0.05, 0.1) is 6.10 Å². The second-order valence-electron chi connectivity index (χ2n) is 5.32. The molecular formula is C17H17ClO2. The second kappa shape index (κ2) is 5.47. The molecule has 0 spiro atoms. The van der Waals surface area contributed by atoms with Crippen LogP contribution in [-0.2, 0) is 0 Å².